The molecule has 10 rings (SSSR count). The number of hydrogen-bond donors (Lipinski definition) is 0. The van der Waals surface area contributed by atoms with E-state index in [0.717, 1.165) is 43.6 Å². The molecule has 0 amide bonds. The summed E-state index contributed by atoms with van der Waals surface area (Å²) in [4.78, 5) is 20.4. The molecule has 6 heteroatoms. The molecule has 10 aromatic rings. The van der Waals surface area contributed by atoms with E-state index in [4.69, 9.17) is 19.9 Å². The van der Waals surface area contributed by atoms with E-state index < -0.39 is 0 Å². The molecular weight excluding hydrogens is 649 g/mol. The maximum atomic E-state index is 5.20. The van der Waals surface area contributed by atoms with E-state index in [1.165, 1.54) is 36.0 Å². The molecule has 0 N–H and O–H groups in total. The second-order valence-electron chi connectivity index (χ2n) is 12.3. The first kappa shape index (κ1) is 28.9. The van der Waals surface area contributed by atoms with Crippen LogP contribution >= 0.6 is 22.7 Å². The topological polar surface area (TPSA) is 51.6 Å². The molecule has 3 aromatic heterocycles. The van der Waals surface area contributed by atoms with Gasteiger partial charge in [0, 0.05) is 42.4 Å². The Labute approximate surface area is 296 Å². The van der Waals surface area contributed by atoms with Crippen molar-refractivity contribution in [3.05, 3.63) is 158 Å². The Hall–Kier alpha value is -6.08. The fourth-order valence-corrected chi connectivity index (χ4v) is 8.90. The smallest absolute Gasteiger partial charge is 0.164 e. The summed E-state index contributed by atoms with van der Waals surface area (Å²) < 4.78 is 3.61. The van der Waals surface area contributed by atoms with Crippen LogP contribution in [0.4, 0.5) is 0 Å². The number of benzene rings is 7. The van der Waals surface area contributed by atoms with Gasteiger partial charge in [-0.3, -0.25) is 0 Å². The van der Waals surface area contributed by atoms with Gasteiger partial charge in [-0.25, -0.2) is 19.9 Å². The van der Waals surface area contributed by atoms with Gasteiger partial charge in [0.25, 0.3) is 0 Å². The van der Waals surface area contributed by atoms with Crippen LogP contribution in [-0.2, 0) is 0 Å². The first-order valence-corrected chi connectivity index (χ1v) is 18.1. The van der Waals surface area contributed by atoms with Gasteiger partial charge in [-0.2, -0.15) is 0 Å². The van der Waals surface area contributed by atoms with Crippen LogP contribution in [0.3, 0.4) is 0 Å². The van der Waals surface area contributed by atoms with E-state index in [1.54, 1.807) is 22.7 Å². The molecule has 0 aliphatic rings. The number of hydrogen-bond acceptors (Lipinski definition) is 6. The number of fused-ring (bicyclic) bond motifs is 5. The molecule has 0 radical (unpaired) electrons. The second kappa shape index (κ2) is 11.8. The van der Waals surface area contributed by atoms with Gasteiger partial charge >= 0.3 is 0 Å². The summed E-state index contributed by atoms with van der Waals surface area (Å²) in [5, 5.41) is 5.65. The van der Waals surface area contributed by atoms with Gasteiger partial charge in [-0.1, -0.05) is 127 Å². The van der Waals surface area contributed by atoms with E-state index in [1.807, 2.05) is 30.3 Å². The molecule has 3 heterocycles. The van der Waals surface area contributed by atoms with Crippen LogP contribution in [0.15, 0.2) is 158 Å². The summed E-state index contributed by atoms with van der Waals surface area (Å²) >= 11 is 3.54. The zero-order chi connectivity index (χ0) is 33.0. The molecule has 0 spiro atoms. The predicted octanol–water partition coefficient (Wildman–Crippen LogP) is 12.3. The molecule has 0 unspecified atom stereocenters. The fourth-order valence-electron chi connectivity index (χ4n) is 6.68. The molecular formula is C44H26N4S2. The average Bonchev–Trinajstić information content (AvgIpc) is 3.78. The monoisotopic (exact) mass is 674 g/mol. The molecule has 7 aromatic carbocycles. The molecule has 0 saturated carbocycles. The molecule has 0 bridgehead atoms. The lowest BCUT2D eigenvalue weighted by Crippen LogP contribution is -2.00. The summed E-state index contributed by atoms with van der Waals surface area (Å²) in [6.07, 6.45) is 0. The number of nitrogens with zero attached hydrogens (tertiary/aromatic N) is 4. The minimum Gasteiger partial charge on any atom is -0.236 e. The Morgan fingerprint density at radius 2 is 1.00 bits per heavy atom. The lowest BCUT2D eigenvalue weighted by Gasteiger charge is -2.10. The maximum Gasteiger partial charge on any atom is 0.164 e. The average molecular weight is 675 g/mol. The van der Waals surface area contributed by atoms with Crippen LogP contribution in [0.2, 0.25) is 0 Å². The normalized spacial score (nSPS) is 11.6. The predicted molar refractivity (Wildman–Crippen MR) is 211 cm³/mol. The van der Waals surface area contributed by atoms with Crippen LogP contribution in [0, 0.1) is 0 Å². The SMILES string of the molecule is c1ccc(-c2ccc3ccc(-c4nc(-c5ccccc5)nc(-c5cccc6sc7cc8sc(-c9ccccc9)nc8cc7c56)n4)cc3c2)cc1. The molecule has 0 aliphatic carbocycles. The largest absolute Gasteiger partial charge is 0.236 e. The maximum absolute atomic E-state index is 5.20. The highest BCUT2D eigenvalue weighted by atomic mass is 32.1. The second-order valence-corrected chi connectivity index (χ2v) is 14.4. The van der Waals surface area contributed by atoms with Crippen LogP contribution < -0.4 is 0 Å². The number of thiazole rings is 1. The van der Waals surface area contributed by atoms with Gasteiger partial charge in [-0.05, 0) is 52.2 Å². The van der Waals surface area contributed by atoms with E-state index in [0.29, 0.717) is 17.5 Å². The van der Waals surface area contributed by atoms with E-state index >= 15 is 0 Å². The third-order valence-corrected chi connectivity index (χ3v) is 11.3. The van der Waals surface area contributed by atoms with Crippen LogP contribution in [0.5, 0.6) is 0 Å². The third-order valence-electron chi connectivity index (χ3n) is 9.14. The first-order valence-electron chi connectivity index (χ1n) is 16.5. The Kier molecular flexibility index (Phi) is 6.82. The van der Waals surface area contributed by atoms with Gasteiger partial charge in [0.1, 0.15) is 5.01 Å². The Morgan fingerprint density at radius 1 is 0.360 bits per heavy atom. The van der Waals surface area contributed by atoms with Gasteiger partial charge in [-0.15, -0.1) is 22.7 Å². The summed E-state index contributed by atoms with van der Waals surface area (Å²) in [5.41, 5.74) is 7.39. The number of aromatic nitrogens is 4. The van der Waals surface area contributed by atoms with E-state index in [2.05, 4.69) is 127 Å². The van der Waals surface area contributed by atoms with Crippen molar-refractivity contribution in [3.8, 4) is 55.9 Å². The standard InChI is InChI=1S/C44H26N4S2/c1-4-11-27(12-5-1)31-21-19-28-20-22-32(24-33(28)23-31)42-46-41(29-13-6-2-7-14-29)47-43(48-42)34-17-10-18-37-40(34)35-25-36-39(26-38(35)49-37)50-44(45-36)30-15-8-3-9-16-30/h1-26H. The van der Waals surface area contributed by atoms with Gasteiger partial charge in [0.15, 0.2) is 17.5 Å². The lowest BCUT2D eigenvalue weighted by molar-refractivity contribution is 1.08. The molecule has 4 nitrogen and oxygen atoms in total. The number of rotatable bonds is 5. The summed E-state index contributed by atoms with van der Waals surface area (Å²) in [6, 6.07) is 55.1. The lowest BCUT2D eigenvalue weighted by atomic mass is 9.99. The Bertz CT molecular complexity index is 2860. The fraction of sp³-hybridized carbons (Fsp3) is 0. The van der Waals surface area contributed by atoms with Crippen molar-refractivity contribution < 1.29 is 0 Å². The van der Waals surface area contributed by atoms with Crippen LogP contribution in [0.25, 0.3) is 97.0 Å². The first-order chi connectivity index (χ1) is 24.7. The summed E-state index contributed by atoms with van der Waals surface area (Å²) in [6.45, 7) is 0. The van der Waals surface area contributed by atoms with Crippen molar-refractivity contribution in [1.82, 2.24) is 19.9 Å². The van der Waals surface area contributed by atoms with Crippen molar-refractivity contribution in [3.63, 3.8) is 0 Å². The Balaban J connectivity index is 1.16. The third kappa shape index (κ3) is 5.05. The molecule has 234 valence electrons. The Morgan fingerprint density at radius 3 is 1.76 bits per heavy atom. The molecule has 50 heavy (non-hydrogen) atoms. The molecule has 0 aliphatic heterocycles. The van der Waals surface area contributed by atoms with Crippen LogP contribution in [0.1, 0.15) is 0 Å². The zero-order valence-corrected chi connectivity index (χ0v) is 28.2. The van der Waals surface area contributed by atoms with Crippen molar-refractivity contribution >= 4 is 63.8 Å². The van der Waals surface area contributed by atoms with Crippen molar-refractivity contribution in [2.75, 3.05) is 0 Å². The highest BCUT2D eigenvalue weighted by Crippen LogP contribution is 2.43. The van der Waals surface area contributed by atoms with Crippen molar-refractivity contribution in [2.45, 2.75) is 0 Å². The van der Waals surface area contributed by atoms with Crippen molar-refractivity contribution in [2.24, 2.45) is 0 Å². The van der Waals surface area contributed by atoms with Gasteiger partial charge < -0.3 is 0 Å². The van der Waals surface area contributed by atoms with Gasteiger partial charge in [0.2, 0.25) is 0 Å². The quantitative estimate of drug-likeness (QED) is 0.182. The summed E-state index contributed by atoms with van der Waals surface area (Å²) in [5.74, 6) is 1.95. The zero-order valence-electron chi connectivity index (χ0n) is 26.6. The summed E-state index contributed by atoms with van der Waals surface area (Å²) in [7, 11) is 0. The minimum atomic E-state index is 0.645. The minimum absolute atomic E-state index is 0.645. The van der Waals surface area contributed by atoms with Crippen LogP contribution in [-0.4, -0.2) is 19.9 Å². The van der Waals surface area contributed by atoms with E-state index in [9.17, 15) is 0 Å². The van der Waals surface area contributed by atoms with E-state index in [-0.39, 0.29) is 0 Å². The molecule has 0 fully saturated rings. The van der Waals surface area contributed by atoms with Gasteiger partial charge in [0.05, 0.1) is 10.2 Å². The highest BCUT2D eigenvalue weighted by Gasteiger charge is 2.18. The number of thiophene rings is 1. The molecule has 0 saturated heterocycles. The highest BCUT2D eigenvalue weighted by molar-refractivity contribution is 7.26. The van der Waals surface area contributed by atoms with Crippen molar-refractivity contribution in [1.29, 1.82) is 0 Å². The molecule has 0 atom stereocenters.